The number of imidazole rings is 1. The molecule has 0 radical (unpaired) electrons. The van der Waals surface area contributed by atoms with Gasteiger partial charge in [-0.25, -0.2) is 22.5 Å². The number of amides is 1. The molecular weight excluding hydrogens is 426 g/mol. The van der Waals surface area contributed by atoms with Gasteiger partial charge in [0.05, 0.1) is 23.6 Å². The first kappa shape index (κ1) is 20.2. The number of halogens is 4. The topological polar surface area (TPSA) is 55.4 Å². The number of carbonyl (C=O) groups is 1. The molecule has 0 unspecified atom stereocenters. The van der Waals surface area contributed by atoms with Crippen molar-refractivity contribution < 1.29 is 22.4 Å². The highest BCUT2D eigenvalue weighted by atomic mass is 19.2. The SMILES string of the molecule is C[C@H]1c2nn(C)c(-c3cc(F)c(F)c(F)c3)c2CCN1C(=O)c1cnc2cc(F)ccn12. The molecule has 0 aliphatic carbocycles. The van der Waals surface area contributed by atoms with E-state index in [1.807, 2.05) is 0 Å². The molecule has 164 valence electrons. The van der Waals surface area contributed by atoms with E-state index < -0.39 is 29.3 Å². The summed E-state index contributed by atoms with van der Waals surface area (Å²) >= 11 is 0. The van der Waals surface area contributed by atoms with Crippen molar-refractivity contribution in [3.05, 3.63) is 76.9 Å². The summed E-state index contributed by atoms with van der Waals surface area (Å²) in [5.41, 5.74) is 2.59. The lowest BCUT2D eigenvalue weighted by Crippen LogP contribution is -2.39. The van der Waals surface area contributed by atoms with Crippen molar-refractivity contribution in [3.63, 3.8) is 0 Å². The molecule has 3 aromatic heterocycles. The predicted octanol–water partition coefficient (Wildman–Crippen LogP) is 4.05. The van der Waals surface area contributed by atoms with Crippen LogP contribution in [0.2, 0.25) is 0 Å². The Kier molecular flexibility index (Phi) is 4.54. The van der Waals surface area contributed by atoms with E-state index in [-0.39, 0.29) is 17.2 Å². The van der Waals surface area contributed by atoms with Gasteiger partial charge in [-0.15, -0.1) is 0 Å². The third-order valence-corrected chi connectivity index (χ3v) is 5.85. The van der Waals surface area contributed by atoms with Crippen molar-refractivity contribution in [2.24, 2.45) is 7.05 Å². The maximum Gasteiger partial charge on any atom is 0.273 e. The van der Waals surface area contributed by atoms with Crippen LogP contribution in [-0.4, -0.2) is 36.5 Å². The molecule has 1 atom stereocenters. The molecule has 4 heterocycles. The molecular formula is C22H17F4N5O. The number of rotatable bonds is 2. The van der Waals surface area contributed by atoms with E-state index in [2.05, 4.69) is 10.1 Å². The Morgan fingerprint density at radius 2 is 1.84 bits per heavy atom. The first-order valence-electron chi connectivity index (χ1n) is 9.90. The zero-order valence-corrected chi connectivity index (χ0v) is 17.1. The van der Waals surface area contributed by atoms with E-state index in [4.69, 9.17) is 0 Å². The fourth-order valence-corrected chi connectivity index (χ4v) is 4.34. The van der Waals surface area contributed by atoms with Gasteiger partial charge in [0, 0.05) is 37.0 Å². The molecule has 1 aromatic carbocycles. The van der Waals surface area contributed by atoms with Gasteiger partial charge in [0.1, 0.15) is 17.2 Å². The summed E-state index contributed by atoms with van der Waals surface area (Å²) in [5.74, 6) is -4.83. The Morgan fingerprint density at radius 1 is 1.12 bits per heavy atom. The Bertz CT molecular complexity index is 1370. The van der Waals surface area contributed by atoms with Crippen molar-refractivity contribution in [1.29, 1.82) is 0 Å². The van der Waals surface area contributed by atoms with Crippen LogP contribution in [0.3, 0.4) is 0 Å². The summed E-state index contributed by atoms with van der Waals surface area (Å²) < 4.78 is 57.5. The van der Waals surface area contributed by atoms with Gasteiger partial charge in [-0.2, -0.15) is 5.10 Å². The highest BCUT2D eigenvalue weighted by Crippen LogP contribution is 2.36. The summed E-state index contributed by atoms with van der Waals surface area (Å²) in [7, 11) is 1.63. The third kappa shape index (κ3) is 2.97. The largest absolute Gasteiger partial charge is 0.329 e. The summed E-state index contributed by atoms with van der Waals surface area (Å²) in [5, 5.41) is 4.49. The van der Waals surface area contributed by atoms with E-state index >= 15 is 0 Å². The number of benzene rings is 1. The van der Waals surface area contributed by atoms with Gasteiger partial charge in [-0.1, -0.05) is 0 Å². The van der Waals surface area contributed by atoms with Gasteiger partial charge < -0.3 is 4.90 Å². The van der Waals surface area contributed by atoms with Gasteiger partial charge in [0.25, 0.3) is 5.91 Å². The van der Waals surface area contributed by atoms with Crippen LogP contribution >= 0.6 is 0 Å². The highest BCUT2D eigenvalue weighted by molar-refractivity contribution is 5.94. The van der Waals surface area contributed by atoms with Crippen LogP contribution in [0.15, 0.2) is 36.7 Å². The lowest BCUT2D eigenvalue weighted by atomic mass is 9.95. The minimum absolute atomic E-state index is 0.174. The van der Waals surface area contributed by atoms with Crippen molar-refractivity contribution in [3.8, 4) is 11.3 Å². The predicted molar refractivity (Wildman–Crippen MR) is 107 cm³/mol. The number of hydrogen-bond donors (Lipinski definition) is 0. The van der Waals surface area contributed by atoms with Gasteiger partial charge in [0.15, 0.2) is 17.5 Å². The number of aryl methyl sites for hydroxylation is 1. The maximum absolute atomic E-state index is 13.8. The molecule has 32 heavy (non-hydrogen) atoms. The van der Waals surface area contributed by atoms with E-state index in [0.29, 0.717) is 30.0 Å². The second-order valence-corrected chi connectivity index (χ2v) is 7.73. The fraction of sp³-hybridized carbons (Fsp3) is 0.227. The van der Waals surface area contributed by atoms with Gasteiger partial charge in [0.2, 0.25) is 0 Å². The quantitative estimate of drug-likeness (QED) is 0.347. The molecule has 6 nitrogen and oxygen atoms in total. The average molecular weight is 443 g/mol. The first-order chi connectivity index (χ1) is 15.3. The molecule has 0 spiro atoms. The Morgan fingerprint density at radius 3 is 2.56 bits per heavy atom. The monoisotopic (exact) mass is 443 g/mol. The summed E-state index contributed by atoms with van der Waals surface area (Å²) in [6, 6.07) is 3.92. The standard InChI is InChI=1S/C22H17F4N5O/c1-11-20-14(21(29(2)28-20)12-7-15(24)19(26)16(25)8-12)4-6-30(11)22(32)17-10-27-18-9-13(23)3-5-31(17)18/h3,5,7-11H,4,6H2,1-2H3/t11-/m0/s1. The van der Waals surface area contributed by atoms with Crippen molar-refractivity contribution >= 4 is 11.6 Å². The van der Waals surface area contributed by atoms with Crippen LogP contribution in [0.1, 0.15) is 34.7 Å². The zero-order chi connectivity index (χ0) is 22.7. The van der Waals surface area contributed by atoms with Gasteiger partial charge in [-0.05, 0) is 31.5 Å². The zero-order valence-electron chi connectivity index (χ0n) is 17.1. The number of hydrogen-bond acceptors (Lipinski definition) is 3. The average Bonchev–Trinajstić information content (AvgIpc) is 3.32. The van der Waals surface area contributed by atoms with Crippen LogP contribution in [0.5, 0.6) is 0 Å². The van der Waals surface area contributed by atoms with Crippen LogP contribution in [0, 0.1) is 23.3 Å². The lowest BCUT2D eigenvalue weighted by molar-refractivity contribution is 0.0666. The molecule has 0 bridgehead atoms. The highest BCUT2D eigenvalue weighted by Gasteiger charge is 2.34. The Hall–Kier alpha value is -3.69. The van der Waals surface area contributed by atoms with Crippen LogP contribution in [-0.2, 0) is 13.5 Å². The van der Waals surface area contributed by atoms with E-state index in [1.165, 1.54) is 33.6 Å². The van der Waals surface area contributed by atoms with Crippen molar-refractivity contribution in [2.45, 2.75) is 19.4 Å². The van der Waals surface area contributed by atoms with Gasteiger partial charge >= 0.3 is 0 Å². The van der Waals surface area contributed by atoms with Crippen molar-refractivity contribution in [2.75, 3.05) is 6.54 Å². The molecule has 0 N–H and O–H groups in total. The smallest absolute Gasteiger partial charge is 0.273 e. The molecule has 0 saturated heterocycles. The Labute approximate surface area is 179 Å². The first-order valence-corrected chi connectivity index (χ1v) is 9.90. The second-order valence-electron chi connectivity index (χ2n) is 7.73. The molecule has 0 saturated carbocycles. The molecule has 1 aliphatic heterocycles. The number of aromatic nitrogens is 4. The molecule has 5 rings (SSSR count). The lowest BCUT2D eigenvalue weighted by Gasteiger charge is -2.32. The maximum atomic E-state index is 13.8. The summed E-state index contributed by atoms with van der Waals surface area (Å²) in [6.07, 6.45) is 3.23. The molecule has 0 fully saturated rings. The number of fused-ring (bicyclic) bond motifs is 2. The van der Waals surface area contributed by atoms with E-state index in [9.17, 15) is 22.4 Å². The number of pyridine rings is 1. The van der Waals surface area contributed by atoms with E-state index in [1.54, 1.807) is 18.9 Å². The van der Waals surface area contributed by atoms with Crippen molar-refractivity contribution in [1.82, 2.24) is 24.1 Å². The van der Waals surface area contributed by atoms with Crippen LogP contribution < -0.4 is 0 Å². The summed E-state index contributed by atoms with van der Waals surface area (Å²) in [4.78, 5) is 19.0. The summed E-state index contributed by atoms with van der Waals surface area (Å²) in [6.45, 7) is 2.13. The van der Waals surface area contributed by atoms with Gasteiger partial charge in [-0.3, -0.25) is 13.9 Å². The molecule has 1 aliphatic rings. The normalized spacial score (nSPS) is 15.9. The van der Waals surface area contributed by atoms with Crippen LogP contribution in [0.25, 0.3) is 16.9 Å². The second kappa shape index (κ2) is 7.18. The fourth-order valence-electron chi connectivity index (χ4n) is 4.34. The Balaban J connectivity index is 1.52. The minimum Gasteiger partial charge on any atom is -0.329 e. The number of nitrogens with zero attached hydrogens (tertiary/aromatic N) is 5. The third-order valence-electron chi connectivity index (χ3n) is 5.85. The molecule has 1 amide bonds. The molecule has 10 heteroatoms. The minimum atomic E-state index is -1.53. The number of carbonyl (C=O) groups excluding carboxylic acids is 1. The molecule has 4 aromatic rings. The van der Waals surface area contributed by atoms with Crippen LogP contribution in [0.4, 0.5) is 17.6 Å². The van der Waals surface area contributed by atoms with E-state index in [0.717, 1.165) is 17.7 Å².